The molecule has 1 aliphatic rings. The molecule has 1 aromatic rings. The van der Waals surface area contributed by atoms with Crippen molar-refractivity contribution in [2.45, 2.75) is 24.4 Å². The maximum atomic E-state index is 10.9. The number of aromatic nitrogens is 1. The lowest BCUT2D eigenvalue weighted by Gasteiger charge is -2.14. The number of aliphatic hydroxyl groups is 3. The Bertz CT molecular complexity index is 436. The van der Waals surface area contributed by atoms with Crippen molar-refractivity contribution in [3.63, 3.8) is 0 Å². The molecule has 0 aliphatic carbocycles. The minimum Gasteiger partial charge on any atom is -0.394 e. The van der Waals surface area contributed by atoms with Gasteiger partial charge in [0, 0.05) is 11.8 Å². The number of hydrogen-bond acceptors (Lipinski definition) is 6. The molecule has 1 aliphatic heterocycles. The molecule has 1 fully saturated rings. The molecule has 1 amide bonds. The van der Waals surface area contributed by atoms with Gasteiger partial charge in [-0.3, -0.25) is 9.78 Å². The monoisotopic (exact) mass is 254 g/mol. The Morgan fingerprint density at radius 2 is 2.11 bits per heavy atom. The molecule has 7 nitrogen and oxygen atoms in total. The summed E-state index contributed by atoms with van der Waals surface area (Å²) in [7, 11) is 0. The predicted octanol–water partition coefficient (Wildman–Crippen LogP) is -1.67. The number of rotatable bonds is 3. The number of primary amides is 1. The number of nitrogens with two attached hydrogens (primary N) is 1. The van der Waals surface area contributed by atoms with Crippen LogP contribution in [0.3, 0.4) is 0 Å². The number of aliphatic hydroxyl groups excluding tert-OH is 3. The second-order valence-electron chi connectivity index (χ2n) is 4.10. The van der Waals surface area contributed by atoms with Gasteiger partial charge in [-0.25, -0.2) is 0 Å². The van der Waals surface area contributed by atoms with Crippen LogP contribution in [-0.2, 0) is 4.74 Å². The number of hydrogen-bond donors (Lipinski definition) is 4. The van der Waals surface area contributed by atoms with E-state index in [9.17, 15) is 15.0 Å². The molecule has 2 rings (SSSR count). The van der Waals surface area contributed by atoms with Crippen LogP contribution in [0.1, 0.15) is 22.2 Å². The van der Waals surface area contributed by atoms with Crippen LogP contribution in [0.25, 0.3) is 0 Å². The molecule has 0 unspecified atom stereocenters. The highest BCUT2D eigenvalue weighted by molar-refractivity contribution is 5.90. The van der Waals surface area contributed by atoms with E-state index in [-0.39, 0.29) is 12.3 Å². The number of amides is 1. The molecule has 98 valence electrons. The number of ether oxygens (including phenoxy) is 1. The Labute approximate surface area is 103 Å². The van der Waals surface area contributed by atoms with Gasteiger partial charge in [0.05, 0.1) is 6.61 Å². The molecule has 0 radical (unpaired) electrons. The lowest BCUT2D eigenvalue weighted by molar-refractivity contribution is -0.0228. The number of carbonyl (C=O) groups excluding carboxylic acids is 1. The van der Waals surface area contributed by atoms with Crippen LogP contribution in [0.4, 0.5) is 0 Å². The van der Waals surface area contributed by atoms with Crippen LogP contribution in [0, 0.1) is 0 Å². The van der Waals surface area contributed by atoms with Gasteiger partial charge in [0.15, 0.2) is 0 Å². The second kappa shape index (κ2) is 4.99. The molecule has 5 N–H and O–H groups in total. The van der Waals surface area contributed by atoms with E-state index in [1.807, 2.05) is 0 Å². The van der Waals surface area contributed by atoms with Gasteiger partial charge >= 0.3 is 0 Å². The standard InChI is InChI=1S/C11H14N2O5/c12-11(17)6-2-1-5(3-13-6)10-9(16)8(15)7(4-14)18-10/h1-3,7-10,14-16H,4H2,(H2,12,17)/t7-,8-,9-,10-/m1/s1. The van der Waals surface area contributed by atoms with Crippen LogP contribution in [0.2, 0.25) is 0 Å². The molecule has 0 saturated carbocycles. The maximum Gasteiger partial charge on any atom is 0.267 e. The normalized spacial score (nSPS) is 31.5. The van der Waals surface area contributed by atoms with Gasteiger partial charge in [0.2, 0.25) is 0 Å². The van der Waals surface area contributed by atoms with Gasteiger partial charge in [-0.15, -0.1) is 0 Å². The summed E-state index contributed by atoms with van der Waals surface area (Å²) in [6, 6.07) is 2.94. The quantitative estimate of drug-likeness (QED) is 0.511. The molecule has 0 aromatic carbocycles. The van der Waals surface area contributed by atoms with Crippen molar-refractivity contribution in [2.24, 2.45) is 5.73 Å². The number of carbonyl (C=O) groups is 1. The highest BCUT2D eigenvalue weighted by Gasteiger charge is 2.43. The smallest absolute Gasteiger partial charge is 0.267 e. The first-order chi connectivity index (χ1) is 8.54. The first-order valence-corrected chi connectivity index (χ1v) is 5.42. The summed E-state index contributed by atoms with van der Waals surface area (Å²) in [6.07, 6.45) is -2.58. The number of pyridine rings is 1. The summed E-state index contributed by atoms with van der Waals surface area (Å²) >= 11 is 0. The molecule has 2 heterocycles. The summed E-state index contributed by atoms with van der Waals surface area (Å²) in [4.78, 5) is 14.7. The summed E-state index contributed by atoms with van der Waals surface area (Å²) in [6.45, 7) is -0.387. The van der Waals surface area contributed by atoms with E-state index >= 15 is 0 Å². The minimum atomic E-state index is -1.16. The summed E-state index contributed by atoms with van der Waals surface area (Å²) < 4.78 is 5.32. The first kappa shape index (κ1) is 12.9. The van der Waals surface area contributed by atoms with Crippen LogP contribution >= 0.6 is 0 Å². The van der Waals surface area contributed by atoms with Gasteiger partial charge in [-0.2, -0.15) is 0 Å². The SMILES string of the molecule is NC(=O)c1ccc([C@H]2O[C@H](CO)[C@@H](O)[C@H]2O)cn1. The Morgan fingerprint density at radius 1 is 1.39 bits per heavy atom. The first-order valence-electron chi connectivity index (χ1n) is 5.42. The zero-order valence-electron chi connectivity index (χ0n) is 9.43. The van der Waals surface area contributed by atoms with Gasteiger partial charge in [-0.05, 0) is 6.07 Å². The molecule has 7 heteroatoms. The lowest BCUT2D eigenvalue weighted by Crippen LogP contribution is -2.32. The molecule has 1 aromatic heterocycles. The third kappa shape index (κ3) is 2.21. The molecule has 0 spiro atoms. The molecular weight excluding hydrogens is 240 g/mol. The molecule has 4 atom stereocenters. The second-order valence-corrected chi connectivity index (χ2v) is 4.10. The van der Waals surface area contributed by atoms with Crippen molar-refractivity contribution < 1.29 is 24.9 Å². The van der Waals surface area contributed by atoms with Crippen LogP contribution in [0.15, 0.2) is 18.3 Å². The Kier molecular flexibility index (Phi) is 3.58. The van der Waals surface area contributed by atoms with E-state index in [1.54, 1.807) is 0 Å². The molecule has 0 bridgehead atoms. The van der Waals surface area contributed by atoms with Gasteiger partial charge in [0.25, 0.3) is 5.91 Å². The third-order valence-corrected chi connectivity index (χ3v) is 2.91. The van der Waals surface area contributed by atoms with E-state index < -0.39 is 30.3 Å². The van der Waals surface area contributed by atoms with E-state index in [0.29, 0.717) is 5.56 Å². The zero-order chi connectivity index (χ0) is 13.3. The van der Waals surface area contributed by atoms with Crippen molar-refractivity contribution in [3.8, 4) is 0 Å². The summed E-state index contributed by atoms with van der Waals surface area (Å²) in [5.74, 6) is -0.650. The lowest BCUT2D eigenvalue weighted by atomic mass is 10.0. The summed E-state index contributed by atoms with van der Waals surface area (Å²) in [5.41, 5.74) is 5.66. The fraction of sp³-hybridized carbons (Fsp3) is 0.455. The topological polar surface area (TPSA) is 126 Å². The van der Waals surface area contributed by atoms with E-state index in [4.69, 9.17) is 15.6 Å². The van der Waals surface area contributed by atoms with Crippen LogP contribution in [-0.4, -0.2) is 51.1 Å². The maximum absolute atomic E-state index is 10.9. The molecule has 1 saturated heterocycles. The number of nitrogens with zero attached hydrogens (tertiary/aromatic N) is 1. The van der Waals surface area contributed by atoms with Gasteiger partial charge in [0.1, 0.15) is 30.1 Å². The Balaban J connectivity index is 2.19. The summed E-state index contributed by atoms with van der Waals surface area (Å²) in [5, 5.41) is 28.4. The Morgan fingerprint density at radius 3 is 2.56 bits per heavy atom. The van der Waals surface area contributed by atoms with Crippen molar-refractivity contribution in [2.75, 3.05) is 6.61 Å². The van der Waals surface area contributed by atoms with E-state index in [1.165, 1.54) is 18.3 Å². The Hall–Kier alpha value is -1.54. The largest absolute Gasteiger partial charge is 0.394 e. The van der Waals surface area contributed by atoms with Crippen molar-refractivity contribution >= 4 is 5.91 Å². The highest BCUT2D eigenvalue weighted by Crippen LogP contribution is 2.32. The average molecular weight is 254 g/mol. The minimum absolute atomic E-state index is 0.102. The van der Waals surface area contributed by atoms with E-state index in [0.717, 1.165) is 0 Å². The van der Waals surface area contributed by atoms with Gasteiger partial charge < -0.3 is 25.8 Å². The van der Waals surface area contributed by atoms with Crippen molar-refractivity contribution in [1.29, 1.82) is 0 Å². The van der Waals surface area contributed by atoms with Crippen molar-refractivity contribution in [1.82, 2.24) is 4.98 Å². The zero-order valence-corrected chi connectivity index (χ0v) is 9.43. The molecule has 18 heavy (non-hydrogen) atoms. The molecular formula is C11H14N2O5. The fourth-order valence-electron chi connectivity index (χ4n) is 1.89. The van der Waals surface area contributed by atoms with E-state index in [2.05, 4.69) is 4.98 Å². The highest BCUT2D eigenvalue weighted by atomic mass is 16.6. The van der Waals surface area contributed by atoms with Crippen LogP contribution < -0.4 is 5.73 Å². The average Bonchev–Trinajstić information content (AvgIpc) is 2.66. The van der Waals surface area contributed by atoms with Gasteiger partial charge in [-0.1, -0.05) is 6.07 Å². The predicted molar refractivity (Wildman–Crippen MR) is 59.5 cm³/mol. The van der Waals surface area contributed by atoms with Crippen LogP contribution in [0.5, 0.6) is 0 Å². The van der Waals surface area contributed by atoms with Crippen molar-refractivity contribution in [3.05, 3.63) is 29.6 Å². The third-order valence-electron chi connectivity index (χ3n) is 2.91. The fourth-order valence-corrected chi connectivity index (χ4v) is 1.89.